The van der Waals surface area contributed by atoms with Crippen LogP contribution in [0.4, 0.5) is 0 Å². The molecule has 2 N–H and O–H groups in total. The third kappa shape index (κ3) is 2.93. The predicted molar refractivity (Wildman–Crippen MR) is 88.8 cm³/mol. The molecule has 0 aliphatic carbocycles. The molecule has 6 nitrogen and oxygen atoms in total. The number of benzene rings is 1. The number of ether oxygens (including phenoxy) is 3. The number of fused-ring (bicyclic) bond motifs is 2. The van der Waals surface area contributed by atoms with Crippen molar-refractivity contribution in [1.82, 2.24) is 10.2 Å². The van der Waals surface area contributed by atoms with Crippen molar-refractivity contribution in [2.75, 3.05) is 26.8 Å². The van der Waals surface area contributed by atoms with Crippen molar-refractivity contribution in [2.45, 2.75) is 50.0 Å². The summed E-state index contributed by atoms with van der Waals surface area (Å²) in [6.45, 7) is 3.18. The second-order valence-corrected chi connectivity index (χ2v) is 6.82. The summed E-state index contributed by atoms with van der Waals surface area (Å²) in [5, 5.41) is 14.5. The van der Waals surface area contributed by atoms with Gasteiger partial charge in [0.05, 0.1) is 31.9 Å². The fourth-order valence-corrected chi connectivity index (χ4v) is 4.16. The Morgan fingerprint density at radius 1 is 1.29 bits per heavy atom. The fraction of sp³-hybridized carbons (Fsp3) is 0.667. The number of nitrogens with one attached hydrogen (secondary N) is 1. The highest BCUT2D eigenvalue weighted by molar-refractivity contribution is 5.33. The SMILES string of the molecule is COc1ccccc1CNC1C2COC(O2)C(N2CCCC2)C1O. The summed E-state index contributed by atoms with van der Waals surface area (Å²) in [5.41, 5.74) is 1.07. The Balaban J connectivity index is 1.47. The van der Waals surface area contributed by atoms with Crippen LogP contribution in [-0.4, -0.2) is 67.4 Å². The summed E-state index contributed by atoms with van der Waals surface area (Å²) >= 11 is 0. The van der Waals surface area contributed by atoms with Crippen molar-refractivity contribution >= 4 is 0 Å². The Hall–Kier alpha value is -1.18. The number of nitrogens with zero attached hydrogens (tertiary/aromatic N) is 1. The van der Waals surface area contributed by atoms with E-state index in [1.54, 1.807) is 7.11 Å². The molecule has 0 radical (unpaired) electrons. The number of likely N-dealkylation sites (tertiary alicyclic amines) is 1. The first kappa shape index (κ1) is 16.3. The van der Waals surface area contributed by atoms with Crippen LogP contribution in [0.25, 0.3) is 0 Å². The quantitative estimate of drug-likeness (QED) is 0.828. The zero-order valence-electron chi connectivity index (χ0n) is 14.1. The van der Waals surface area contributed by atoms with Crippen molar-refractivity contribution in [3.8, 4) is 5.75 Å². The Morgan fingerprint density at radius 3 is 2.88 bits per heavy atom. The number of hydrogen-bond donors (Lipinski definition) is 2. The molecule has 3 saturated heterocycles. The molecule has 132 valence electrons. The molecule has 0 spiro atoms. The lowest BCUT2D eigenvalue weighted by Crippen LogP contribution is -2.63. The molecule has 6 heteroatoms. The molecule has 3 aliphatic rings. The van der Waals surface area contributed by atoms with E-state index in [4.69, 9.17) is 14.2 Å². The van der Waals surface area contributed by atoms with E-state index in [0.29, 0.717) is 13.2 Å². The summed E-state index contributed by atoms with van der Waals surface area (Å²) in [5.74, 6) is 0.854. The van der Waals surface area contributed by atoms with Gasteiger partial charge < -0.3 is 24.6 Å². The van der Waals surface area contributed by atoms with Gasteiger partial charge in [-0.15, -0.1) is 0 Å². The second-order valence-electron chi connectivity index (χ2n) is 6.82. The van der Waals surface area contributed by atoms with Crippen LogP contribution in [-0.2, 0) is 16.0 Å². The number of aliphatic hydroxyl groups excluding tert-OH is 1. The minimum absolute atomic E-state index is 0.0820. The summed E-state index contributed by atoms with van der Waals surface area (Å²) in [7, 11) is 1.68. The highest BCUT2D eigenvalue weighted by atomic mass is 16.7. The van der Waals surface area contributed by atoms with Crippen LogP contribution in [0.5, 0.6) is 5.75 Å². The first-order valence-electron chi connectivity index (χ1n) is 8.82. The lowest BCUT2D eigenvalue weighted by Gasteiger charge is -2.42. The van der Waals surface area contributed by atoms with E-state index in [1.807, 2.05) is 24.3 Å². The number of methoxy groups -OCH3 is 1. The molecule has 24 heavy (non-hydrogen) atoms. The topological polar surface area (TPSA) is 63.2 Å². The van der Waals surface area contributed by atoms with Crippen molar-refractivity contribution in [1.29, 1.82) is 0 Å². The normalized spacial score (nSPS) is 36.2. The Morgan fingerprint density at radius 2 is 2.08 bits per heavy atom. The highest BCUT2D eigenvalue weighted by Crippen LogP contribution is 2.33. The van der Waals surface area contributed by atoms with Gasteiger partial charge in [0.1, 0.15) is 11.9 Å². The van der Waals surface area contributed by atoms with Crippen molar-refractivity contribution in [3.63, 3.8) is 0 Å². The van der Waals surface area contributed by atoms with Crippen LogP contribution in [0.1, 0.15) is 18.4 Å². The van der Waals surface area contributed by atoms with Gasteiger partial charge in [0.15, 0.2) is 6.29 Å². The van der Waals surface area contributed by atoms with Gasteiger partial charge in [-0.2, -0.15) is 0 Å². The van der Waals surface area contributed by atoms with E-state index in [0.717, 1.165) is 24.4 Å². The van der Waals surface area contributed by atoms with Gasteiger partial charge in [0.25, 0.3) is 0 Å². The number of aliphatic hydroxyl groups is 1. The van der Waals surface area contributed by atoms with E-state index >= 15 is 0 Å². The van der Waals surface area contributed by atoms with Crippen molar-refractivity contribution < 1.29 is 19.3 Å². The molecular weight excluding hydrogens is 308 g/mol. The van der Waals surface area contributed by atoms with E-state index in [-0.39, 0.29) is 24.5 Å². The minimum Gasteiger partial charge on any atom is -0.496 e. The Labute approximate surface area is 142 Å². The first-order valence-corrected chi connectivity index (χ1v) is 8.82. The van der Waals surface area contributed by atoms with Gasteiger partial charge in [0.2, 0.25) is 0 Å². The van der Waals surface area contributed by atoms with Gasteiger partial charge in [-0.25, -0.2) is 0 Å². The van der Waals surface area contributed by atoms with Crippen LogP contribution in [0.2, 0.25) is 0 Å². The fourth-order valence-electron chi connectivity index (χ4n) is 4.16. The number of rotatable bonds is 5. The second kappa shape index (κ2) is 6.98. The Bertz CT molecular complexity index is 562. The van der Waals surface area contributed by atoms with Crippen molar-refractivity contribution in [3.05, 3.63) is 29.8 Å². The molecule has 0 saturated carbocycles. The molecule has 0 amide bonds. The van der Waals surface area contributed by atoms with Gasteiger partial charge in [-0.3, -0.25) is 4.90 Å². The van der Waals surface area contributed by atoms with Gasteiger partial charge in [-0.05, 0) is 32.0 Å². The number of hydrogen-bond acceptors (Lipinski definition) is 6. The summed E-state index contributed by atoms with van der Waals surface area (Å²) in [4.78, 5) is 2.31. The van der Waals surface area contributed by atoms with Gasteiger partial charge in [0, 0.05) is 12.1 Å². The van der Waals surface area contributed by atoms with Crippen LogP contribution >= 0.6 is 0 Å². The van der Waals surface area contributed by atoms with E-state index < -0.39 is 6.10 Å². The van der Waals surface area contributed by atoms with Crippen molar-refractivity contribution in [2.24, 2.45) is 0 Å². The lowest BCUT2D eigenvalue weighted by molar-refractivity contribution is -0.179. The molecule has 5 unspecified atom stereocenters. The molecule has 1 aromatic rings. The maximum absolute atomic E-state index is 11.0. The zero-order valence-corrected chi connectivity index (χ0v) is 14.1. The van der Waals surface area contributed by atoms with Gasteiger partial charge >= 0.3 is 0 Å². The molecule has 2 bridgehead atoms. The standard InChI is InChI=1S/C18H26N2O4/c1-22-13-7-3-2-6-12(13)10-19-15-14-11-23-18(24-14)16(17(15)21)20-8-4-5-9-20/h2-3,6-7,14-19,21H,4-5,8-11H2,1H3. The Kier molecular flexibility index (Phi) is 4.74. The molecular formula is C18H26N2O4. The largest absolute Gasteiger partial charge is 0.496 e. The third-order valence-electron chi connectivity index (χ3n) is 5.41. The lowest BCUT2D eigenvalue weighted by atomic mass is 9.94. The van der Waals surface area contributed by atoms with Crippen LogP contribution in [0, 0.1) is 0 Å². The molecule has 0 aromatic heterocycles. The molecule has 3 aliphatic heterocycles. The average molecular weight is 334 g/mol. The molecule has 4 rings (SSSR count). The molecule has 3 fully saturated rings. The summed E-state index contributed by atoms with van der Waals surface area (Å²) in [6, 6.07) is 7.72. The monoisotopic (exact) mass is 334 g/mol. The third-order valence-corrected chi connectivity index (χ3v) is 5.41. The van der Waals surface area contributed by atoms with E-state index in [9.17, 15) is 5.11 Å². The van der Waals surface area contributed by atoms with Gasteiger partial charge in [-0.1, -0.05) is 18.2 Å². The predicted octanol–water partition coefficient (Wildman–Crippen LogP) is 0.734. The molecule has 1 aromatic carbocycles. The van der Waals surface area contributed by atoms with E-state index in [1.165, 1.54) is 12.8 Å². The number of para-hydroxylation sites is 1. The zero-order chi connectivity index (χ0) is 16.5. The van der Waals surface area contributed by atoms with Crippen LogP contribution < -0.4 is 10.1 Å². The molecule has 3 heterocycles. The first-order chi connectivity index (χ1) is 11.8. The maximum Gasteiger partial charge on any atom is 0.176 e. The van der Waals surface area contributed by atoms with Crippen LogP contribution in [0.15, 0.2) is 24.3 Å². The maximum atomic E-state index is 11.0. The summed E-state index contributed by atoms with van der Waals surface area (Å²) < 4.78 is 17.3. The smallest absolute Gasteiger partial charge is 0.176 e. The molecule has 5 atom stereocenters. The van der Waals surface area contributed by atoms with E-state index in [2.05, 4.69) is 10.2 Å². The average Bonchev–Trinajstić information content (AvgIpc) is 3.27. The van der Waals surface area contributed by atoms with Crippen LogP contribution in [0.3, 0.4) is 0 Å². The summed E-state index contributed by atoms with van der Waals surface area (Å²) in [6.07, 6.45) is 1.46. The highest BCUT2D eigenvalue weighted by Gasteiger charge is 2.52. The minimum atomic E-state index is -0.496.